The standard InChI is InChI=1S/C26H23FN4O3/c1-15-9-21(16(2)28-22-6-4-3-5-20(22)26(33)34)25-29-23(11-24(32)31(25)12-15)30-13-17-7-8-19(27)10-18(17)14-30/h3-12,16,28H,13-14H2,1-2H3,(H,33,34)/t16-/m1/s1. The number of aromatic nitrogens is 2. The monoisotopic (exact) mass is 458 g/mol. The van der Waals surface area contributed by atoms with Crippen LogP contribution in [0.2, 0.25) is 0 Å². The van der Waals surface area contributed by atoms with Gasteiger partial charge in [-0.25, -0.2) is 14.2 Å². The molecule has 2 aromatic heterocycles. The molecule has 1 atom stereocenters. The molecule has 0 bridgehead atoms. The van der Waals surface area contributed by atoms with Crippen LogP contribution in [0.3, 0.4) is 0 Å². The van der Waals surface area contributed by atoms with Gasteiger partial charge in [-0.1, -0.05) is 18.2 Å². The Kier molecular flexibility index (Phi) is 5.28. The van der Waals surface area contributed by atoms with Gasteiger partial charge in [0.1, 0.15) is 17.3 Å². The summed E-state index contributed by atoms with van der Waals surface area (Å²) in [4.78, 5) is 31.5. The highest BCUT2D eigenvalue weighted by atomic mass is 19.1. The number of aryl methyl sites for hydroxylation is 1. The molecule has 2 N–H and O–H groups in total. The minimum Gasteiger partial charge on any atom is -0.478 e. The zero-order chi connectivity index (χ0) is 24.0. The number of benzene rings is 2. The maximum atomic E-state index is 13.7. The summed E-state index contributed by atoms with van der Waals surface area (Å²) < 4.78 is 15.2. The highest BCUT2D eigenvalue weighted by Gasteiger charge is 2.23. The Morgan fingerprint density at radius 1 is 1.12 bits per heavy atom. The van der Waals surface area contributed by atoms with Gasteiger partial charge in [-0.2, -0.15) is 0 Å². The van der Waals surface area contributed by atoms with Crippen molar-refractivity contribution < 1.29 is 14.3 Å². The summed E-state index contributed by atoms with van der Waals surface area (Å²) >= 11 is 0. The minimum absolute atomic E-state index is 0.166. The van der Waals surface area contributed by atoms with E-state index in [0.29, 0.717) is 30.2 Å². The number of carbonyl (C=O) groups is 1. The smallest absolute Gasteiger partial charge is 0.337 e. The predicted molar refractivity (Wildman–Crippen MR) is 128 cm³/mol. The fourth-order valence-electron chi connectivity index (χ4n) is 4.47. The summed E-state index contributed by atoms with van der Waals surface area (Å²) in [5, 5.41) is 12.8. The second-order valence-electron chi connectivity index (χ2n) is 8.60. The molecular weight excluding hydrogens is 435 g/mol. The molecule has 4 aromatic rings. The van der Waals surface area contributed by atoms with Crippen molar-refractivity contribution in [3.63, 3.8) is 0 Å². The van der Waals surface area contributed by atoms with E-state index >= 15 is 0 Å². The Morgan fingerprint density at radius 3 is 2.68 bits per heavy atom. The van der Waals surface area contributed by atoms with E-state index in [4.69, 9.17) is 4.98 Å². The molecule has 2 aromatic carbocycles. The number of fused-ring (bicyclic) bond motifs is 2. The summed E-state index contributed by atoms with van der Waals surface area (Å²) in [6, 6.07) is 14.5. The van der Waals surface area contributed by atoms with Gasteiger partial charge >= 0.3 is 5.97 Å². The second kappa shape index (κ2) is 8.30. The Hall–Kier alpha value is -4.20. The van der Waals surface area contributed by atoms with Gasteiger partial charge in [0.25, 0.3) is 5.56 Å². The van der Waals surface area contributed by atoms with Gasteiger partial charge in [-0.15, -0.1) is 0 Å². The number of nitrogens with zero attached hydrogens (tertiary/aromatic N) is 3. The van der Waals surface area contributed by atoms with Gasteiger partial charge in [-0.3, -0.25) is 9.20 Å². The first-order valence-electron chi connectivity index (χ1n) is 11.0. The lowest BCUT2D eigenvalue weighted by Gasteiger charge is -2.21. The number of para-hydroxylation sites is 1. The van der Waals surface area contributed by atoms with E-state index in [0.717, 1.165) is 22.3 Å². The van der Waals surface area contributed by atoms with Crippen molar-refractivity contribution >= 4 is 23.1 Å². The molecule has 0 spiro atoms. The zero-order valence-corrected chi connectivity index (χ0v) is 18.7. The van der Waals surface area contributed by atoms with Crippen molar-refractivity contribution in [2.24, 2.45) is 0 Å². The average molecular weight is 458 g/mol. The fraction of sp³-hybridized carbons (Fsp3) is 0.192. The number of pyridine rings is 1. The zero-order valence-electron chi connectivity index (χ0n) is 18.7. The van der Waals surface area contributed by atoms with Crippen LogP contribution in [0, 0.1) is 12.7 Å². The van der Waals surface area contributed by atoms with E-state index in [1.807, 2.05) is 24.8 Å². The van der Waals surface area contributed by atoms with Crippen LogP contribution in [-0.2, 0) is 13.1 Å². The van der Waals surface area contributed by atoms with E-state index in [1.165, 1.54) is 22.6 Å². The van der Waals surface area contributed by atoms with E-state index in [2.05, 4.69) is 5.32 Å². The van der Waals surface area contributed by atoms with Gasteiger partial charge in [-0.05, 0) is 60.9 Å². The van der Waals surface area contributed by atoms with Gasteiger partial charge in [0, 0.05) is 36.6 Å². The fourth-order valence-corrected chi connectivity index (χ4v) is 4.47. The third-order valence-corrected chi connectivity index (χ3v) is 6.12. The molecule has 172 valence electrons. The first-order chi connectivity index (χ1) is 16.3. The molecule has 7 nitrogen and oxygen atoms in total. The highest BCUT2D eigenvalue weighted by Crippen LogP contribution is 2.29. The van der Waals surface area contributed by atoms with Crippen molar-refractivity contribution in [1.29, 1.82) is 0 Å². The quantitative estimate of drug-likeness (QED) is 0.457. The molecule has 5 rings (SSSR count). The molecule has 1 aliphatic rings. The number of rotatable bonds is 5. The molecular formula is C26H23FN4O3. The molecule has 0 fully saturated rings. The lowest BCUT2D eigenvalue weighted by molar-refractivity contribution is 0.0698. The van der Waals surface area contributed by atoms with Gasteiger partial charge in [0.05, 0.1) is 11.6 Å². The third kappa shape index (κ3) is 3.87. The van der Waals surface area contributed by atoms with Crippen LogP contribution >= 0.6 is 0 Å². The Morgan fingerprint density at radius 2 is 1.88 bits per heavy atom. The van der Waals surface area contributed by atoms with Crippen LogP contribution < -0.4 is 15.8 Å². The van der Waals surface area contributed by atoms with E-state index in [9.17, 15) is 19.1 Å². The summed E-state index contributed by atoms with van der Waals surface area (Å²) in [6.07, 6.45) is 1.74. The molecule has 34 heavy (non-hydrogen) atoms. The minimum atomic E-state index is -1.02. The van der Waals surface area contributed by atoms with Gasteiger partial charge < -0.3 is 15.3 Å². The average Bonchev–Trinajstić information content (AvgIpc) is 3.22. The van der Waals surface area contributed by atoms with Crippen molar-refractivity contribution in [1.82, 2.24) is 9.38 Å². The van der Waals surface area contributed by atoms with Crippen LogP contribution in [-0.4, -0.2) is 20.5 Å². The first-order valence-corrected chi connectivity index (χ1v) is 11.0. The number of halogens is 1. The van der Waals surface area contributed by atoms with Gasteiger partial charge in [0.15, 0.2) is 0 Å². The van der Waals surface area contributed by atoms with Crippen LogP contribution in [0.25, 0.3) is 5.65 Å². The van der Waals surface area contributed by atoms with Crippen LogP contribution in [0.1, 0.15) is 45.6 Å². The molecule has 0 saturated carbocycles. The molecule has 8 heteroatoms. The van der Waals surface area contributed by atoms with Crippen LogP contribution in [0.5, 0.6) is 0 Å². The molecule has 0 aliphatic carbocycles. The molecule has 0 amide bonds. The number of hydrogen-bond donors (Lipinski definition) is 2. The molecule has 0 saturated heterocycles. The maximum absolute atomic E-state index is 13.7. The van der Waals surface area contributed by atoms with E-state index < -0.39 is 5.97 Å². The van der Waals surface area contributed by atoms with Crippen molar-refractivity contribution in [3.05, 3.63) is 105 Å². The van der Waals surface area contributed by atoms with Crippen molar-refractivity contribution in [2.45, 2.75) is 33.0 Å². The van der Waals surface area contributed by atoms with E-state index in [-0.39, 0.29) is 23.0 Å². The number of anilines is 2. The first kappa shape index (κ1) is 21.6. The van der Waals surface area contributed by atoms with Crippen molar-refractivity contribution in [2.75, 3.05) is 10.2 Å². The lowest BCUT2D eigenvalue weighted by atomic mass is 10.1. The maximum Gasteiger partial charge on any atom is 0.337 e. The topological polar surface area (TPSA) is 86.9 Å². The lowest BCUT2D eigenvalue weighted by Crippen LogP contribution is -2.23. The number of carboxylic acids is 1. The molecule has 0 unspecified atom stereocenters. The van der Waals surface area contributed by atoms with Gasteiger partial charge in [0.2, 0.25) is 0 Å². The van der Waals surface area contributed by atoms with Crippen LogP contribution in [0.15, 0.2) is 65.6 Å². The number of nitrogens with one attached hydrogen (secondary N) is 1. The molecule has 1 aliphatic heterocycles. The Labute approximate surface area is 195 Å². The summed E-state index contributed by atoms with van der Waals surface area (Å²) in [5.74, 6) is -0.789. The van der Waals surface area contributed by atoms with Crippen LogP contribution in [0.4, 0.5) is 15.9 Å². The van der Waals surface area contributed by atoms with Crippen molar-refractivity contribution in [3.8, 4) is 0 Å². The largest absolute Gasteiger partial charge is 0.478 e. The SMILES string of the molecule is Cc1cc([C@@H](C)Nc2ccccc2C(=O)O)c2nc(N3Cc4ccc(F)cc4C3)cc(=O)n2c1. The third-order valence-electron chi connectivity index (χ3n) is 6.12. The molecule has 0 radical (unpaired) electrons. The number of carboxylic acid groups (broad SMARTS) is 1. The Bertz CT molecular complexity index is 1500. The van der Waals surface area contributed by atoms with E-state index in [1.54, 1.807) is 36.5 Å². The Balaban J connectivity index is 1.56. The number of aromatic carboxylic acids is 1. The summed E-state index contributed by atoms with van der Waals surface area (Å²) in [5.41, 5.74) is 4.45. The number of hydrogen-bond acceptors (Lipinski definition) is 5. The summed E-state index contributed by atoms with van der Waals surface area (Å²) in [6.45, 7) is 4.81. The summed E-state index contributed by atoms with van der Waals surface area (Å²) in [7, 11) is 0. The molecule has 3 heterocycles. The predicted octanol–water partition coefficient (Wildman–Crippen LogP) is 4.53. The second-order valence-corrected chi connectivity index (χ2v) is 8.60. The normalized spacial score (nSPS) is 13.7. The highest BCUT2D eigenvalue weighted by molar-refractivity contribution is 5.94.